The van der Waals surface area contributed by atoms with Crippen molar-refractivity contribution < 1.29 is 4.79 Å². The van der Waals surface area contributed by atoms with Crippen LogP contribution in [0.4, 0.5) is 0 Å². The molecule has 0 N–H and O–H groups in total. The Morgan fingerprint density at radius 1 is 1.53 bits per heavy atom. The maximum absolute atomic E-state index is 10.8. The van der Waals surface area contributed by atoms with Gasteiger partial charge in [-0.05, 0) is 30.4 Å². The Labute approximate surface area is 118 Å². The van der Waals surface area contributed by atoms with E-state index < -0.39 is 0 Å². The summed E-state index contributed by atoms with van der Waals surface area (Å²) < 4.78 is 0. The van der Waals surface area contributed by atoms with Gasteiger partial charge in [0.05, 0.1) is 11.5 Å². The molecule has 1 fully saturated rings. The fourth-order valence-corrected chi connectivity index (χ4v) is 2.56. The molecule has 1 aromatic rings. The standard InChI is InChI=1S/C16H17NOS/c1-13(18)19-10-3-2-5-14-6-4-7-15(11-14)16(12-17)8-9-16/h2,4-7,11H,3,8-10H2,1H3. The average Bonchev–Trinajstić information content (AvgIpc) is 3.19. The van der Waals surface area contributed by atoms with Gasteiger partial charge < -0.3 is 0 Å². The fourth-order valence-electron chi connectivity index (χ4n) is 2.02. The van der Waals surface area contributed by atoms with Crippen LogP contribution in [0.1, 0.15) is 37.3 Å². The van der Waals surface area contributed by atoms with Gasteiger partial charge in [0.1, 0.15) is 0 Å². The van der Waals surface area contributed by atoms with Crippen molar-refractivity contribution in [3.63, 3.8) is 0 Å². The molecule has 0 amide bonds. The SMILES string of the molecule is CC(=O)SCCC=Cc1cccc(C2(C#N)CC2)c1. The van der Waals surface area contributed by atoms with E-state index in [9.17, 15) is 10.1 Å². The Morgan fingerprint density at radius 2 is 2.32 bits per heavy atom. The van der Waals surface area contributed by atoms with E-state index in [1.54, 1.807) is 6.92 Å². The number of carbonyl (C=O) groups is 1. The van der Waals surface area contributed by atoms with Crippen LogP contribution < -0.4 is 0 Å². The second-order valence-electron chi connectivity index (χ2n) is 4.85. The van der Waals surface area contributed by atoms with E-state index in [0.717, 1.165) is 36.1 Å². The van der Waals surface area contributed by atoms with Crippen LogP contribution in [0, 0.1) is 11.3 Å². The number of nitrogens with zero attached hydrogens (tertiary/aromatic N) is 1. The lowest BCUT2D eigenvalue weighted by atomic mass is 9.96. The van der Waals surface area contributed by atoms with E-state index in [4.69, 9.17) is 0 Å². The molecule has 0 unspecified atom stereocenters. The van der Waals surface area contributed by atoms with Gasteiger partial charge in [-0.1, -0.05) is 48.2 Å². The van der Waals surface area contributed by atoms with E-state index in [0.29, 0.717) is 0 Å². The topological polar surface area (TPSA) is 40.9 Å². The molecule has 0 bridgehead atoms. The molecule has 2 rings (SSSR count). The molecular weight excluding hydrogens is 254 g/mol. The van der Waals surface area contributed by atoms with Crippen LogP contribution in [0.5, 0.6) is 0 Å². The minimum absolute atomic E-state index is 0.167. The third-order valence-electron chi connectivity index (χ3n) is 3.30. The predicted octanol–water partition coefficient (Wildman–Crippen LogP) is 3.92. The Kier molecular flexibility index (Phi) is 4.44. The van der Waals surface area contributed by atoms with E-state index in [-0.39, 0.29) is 10.5 Å². The summed E-state index contributed by atoms with van der Waals surface area (Å²) >= 11 is 1.35. The highest BCUT2D eigenvalue weighted by atomic mass is 32.2. The molecular formula is C16H17NOS. The number of benzene rings is 1. The van der Waals surface area contributed by atoms with Crippen LogP contribution in [-0.4, -0.2) is 10.9 Å². The molecule has 0 atom stereocenters. The lowest BCUT2D eigenvalue weighted by Crippen LogP contribution is -2.01. The van der Waals surface area contributed by atoms with Crippen molar-refractivity contribution in [3.05, 3.63) is 41.5 Å². The number of hydrogen-bond donors (Lipinski definition) is 0. The summed E-state index contributed by atoms with van der Waals surface area (Å²) in [7, 11) is 0. The zero-order valence-corrected chi connectivity index (χ0v) is 11.9. The molecule has 19 heavy (non-hydrogen) atoms. The van der Waals surface area contributed by atoms with Crippen molar-refractivity contribution in [1.82, 2.24) is 0 Å². The molecule has 0 aliphatic heterocycles. The van der Waals surface area contributed by atoms with Gasteiger partial charge in [0, 0.05) is 12.7 Å². The molecule has 3 heteroatoms. The number of carbonyl (C=O) groups excluding carboxylic acids is 1. The summed E-state index contributed by atoms with van der Waals surface area (Å²) in [4.78, 5) is 10.8. The Morgan fingerprint density at radius 3 is 2.95 bits per heavy atom. The molecule has 2 nitrogen and oxygen atoms in total. The first-order chi connectivity index (χ1) is 9.16. The number of thioether (sulfide) groups is 1. The third-order valence-corrected chi connectivity index (χ3v) is 4.15. The molecule has 0 heterocycles. The van der Waals surface area contributed by atoms with Crippen LogP contribution in [0.2, 0.25) is 0 Å². The lowest BCUT2D eigenvalue weighted by Gasteiger charge is -2.06. The minimum atomic E-state index is -0.214. The van der Waals surface area contributed by atoms with Crippen molar-refractivity contribution in [2.75, 3.05) is 5.75 Å². The van der Waals surface area contributed by atoms with E-state index in [1.165, 1.54) is 11.8 Å². The lowest BCUT2D eigenvalue weighted by molar-refractivity contribution is -0.109. The Balaban J connectivity index is 1.95. The maximum Gasteiger partial charge on any atom is 0.185 e. The Hall–Kier alpha value is -1.53. The van der Waals surface area contributed by atoms with Gasteiger partial charge in [-0.2, -0.15) is 5.26 Å². The maximum atomic E-state index is 10.8. The smallest absolute Gasteiger partial charge is 0.185 e. The van der Waals surface area contributed by atoms with Crippen molar-refractivity contribution in [3.8, 4) is 6.07 Å². The van der Waals surface area contributed by atoms with Gasteiger partial charge in [-0.15, -0.1) is 0 Å². The van der Waals surface area contributed by atoms with Gasteiger partial charge in [0.2, 0.25) is 0 Å². The van der Waals surface area contributed by atoms with E-state index in [1.807, 2.05) is 18.2 Å². The largest absolute Gasteiger partial charge is 0.288 e. The highest BCUT2D eigenvalue weighted by Crippen LogP contribution is 2.47. The van der Waals surface area contributed by atoms with Crippen LogP contribution in [0.25, 0.3) is 6.08 Å². The molecule has 98 valence electrons. The summed E-state index contributed by atoms with van der Waals surface area (Å²) in [5, 5.41) is 9.36. The average molecular weight is 271 g/mol. The second kappa shape index (κ2) is 6.08. The van der Waals surface area contributed by atoms with Crippen molar-refractivity contribution in [2.45, 2.75) is 31.6 Å². The normalized spacial score (nSPS) is 16.2. The van der Waals surface area contributed by atoms with Gasteiger partial charge in [-0.25, -0.2) is 0 Å². The summed E-state index contributed by atoms with van der Waals surface area (Å²) in [6.45, 7) is 1.59. The molecule has 0 saturated heterocycles. The summed E-state index contributed by atoms with van der Waals surface area (Å²) in [5.41, 5.74) is 2.05. The fraction of sp³-hybridized carbons (Fsp3) is 0.375. The Bertz CT molecular complexity index is 538. The monoisotopic (exact) mass is 271 g/mol. The first-order valence-corrected chi connectivity index (χ1v) is 7.46. The van der Waals surface area contributed by atoms with Crippen LogP contribution in [0.3, 0.4) is 0 Å². The molecule has 1 saturated carbocycles. The van der Waals surface area contributed by atoms with Gasteiger partial charge in [-0.3, -0.25) is 4.79 Å². The highest BCUT2D eigenvalue weighted by Gasteiger charge is 2.44. The van der Waals surface area contributed by atoms with Crippen molar-refractivity contribution in [1.29, 1.82) is 5.26 Å². The van der Waals surface area contributed by atoms with Gasteiger partial charge >= 0.3 is 0 Å². The molecule has 0 spiro atoms. The second-order valence-corrected chi connectivity index (χ2v) is 6.12. The number of rotatable bonds is 5. The number of allylic oxidation sites excluding steroid dienone is 1. The molecule has 1 aliphatic rings. The first kappa shape index (κ1) is 13.9. The number of hydrogen-bond acceptors (Lipinski definition) is 3. The summed E-state index contributed by atoms with van der Waals surface area (Å²) in [5.74, 6) is 0.827. The minimum Gasteiger partial charge on any atom is -0.288 e. The van der Waals surface area contributed by atoms with Crippen LogP contribution >= 0.6 is 11.8 Å². The molecule has 0 aromatic heterocycles. The number of nitriles is 1. The summed E-state index contributed by atoms with van der Waals surface area (Å²) in [6.07, 6.45) is 6.99. The zero-order chi connectivity index (χ0) is 13.7. The zero-order valence-electron chi connectivity index (χ0n) is 11.1. The quantitative estimate of drug-likeness (QED) is 0.762. The first-order valence-electron chi connectivity index (χ1n) is 6.48. The van der Waals surface area contributed by atoms with Crippen LogP contribution in [0.15, 0.2) is 30.3 Å². The molecule has 0 radical (unpaired) electrons. The van der Waals surface area contributed by atoms with E-state index in [2.05, 4.69) is 24.3 Å². The molecule has 1 aliphatic carbocycles. The summed E-state index contributed by atoms with van der Waals surface area (Å²) in [6, 6.07) is 10.6. The van der Waals surface area contributed by atoms with Gasteiger partial charge in [0.25, 0.3) is 0 Å². The van der Waals surface area contributed by atoms with Gasteiger partial charge in [0.15, 0.2) is 5.12 Å². The van der Waals surface area contributed by atoms with Crippen molar-refractivity contribution in [2.24, 2.45) is 0 Å². The predicted molar refractivity (Wildman–Crippen MR) is 79.8 cm³/mol. The highest BCUT2D eigenvalue weighted by molar-refractivity contribution is 8.13. The van der Waals surface area contributed by atoms with E-state index >= 15 is 0 Å². The van der Waals surface area contributed by atoms with Crippen molar-refractivity contribution >= 4 is 23.0 Å². The third kappa shape index (κ3) is 3.71. The molecule has 1 aromatic carbocycles. The van der Waals surface area contributed by atoms with Crippen LogP contribution in [-0.2, 0) is 10.2 Å².